The molecule has 0 amide bonds. The van der Waals surface area contributed by atoms with Gasteiger partial charge in [0.05, 0.1) is 27.7 Å². The number of rotatable bonds is 67. The highest BCUT2D eigenvalue weighted by molar-refractivity contribution is 7.45. The number of hydrogen-bond donors (Lipinski definition) is 0. The third-order valence-corrected chi connectivity index (χ3v) is 17.2. The fourth-order valence-corrected chi connectivity index (χ4v) is 11.6. The first-order valence-electron chi connectivity index (χ1n) is 35.4. The largest absolute Gasteiger partial charge is 0.756 e. The second-order valence-corrected chi connectivity index (χ2v) is 27.0. The van der Waals surface area contributed by atoms with Gasteiger partial charge in [0.15, 0.2) is 6.10 Å². The van der Waals surface area contributed by atoms with E-state index in [4.69, 9.17) is 18.5 Å². The van der Waals surface area contributed by atoms with Gasteiger partial charge in [-0.15, -0.1) is 0 Å². The highest BCUT2D eigenvalue weighted by Crippen LogP contribution is 2.38. The molecule has 0 spiro atoms. The molecule has 0 aliphatic rings. The highest BCUT2D eigenvalue weighted by Gasteiger charge is 2.22. The van der Waals surface area contributed by atoms with Crippen molar-refractivity contribution in [1.82, 2.24) is 0 Å². The molecule has 0 aliphatic heterocycles. The van der Waals surface area contributed by atoms with Gasteiger partial charge in [-0.3, -0.25) is 14.2 Å². The maximum absolute atomic E-state index is 12.8. The van der Waals surface area contributed by atoms with Crippen LogP contribution in [0.3, 0.4) is 0 Å². The van der Waals surface area contributed by atoms with Gasteiger partial charge in [-0.25, -0.2) is 0 Å². The van der Waals surface area contributed by atoms with Crippen molar-refractivity contribution in [3.63, 3.8) is 0 Å². The summed E-state index contributed by atoms with van der Waals surface area (Å²) in [6, 6.07) is 0. The van der Waals surface area contributed by atoms with Crippen LogP contribution in [0.1, 0.15) is 373 Å². The van der Waals surface area contributed by atoms with Crippen LogP contribution in [0, 0.1) is 0 Å². The number of phosphoric acid groups is 1. The maximum atomic E-state index is 12.8. The fourth-order valence-electron chi connectivity index (χ4n) is 10.8. The smallest absolute Gasteiger partial charge is 0.306 e. The lowest BCUT2D eigenvalue weighted by Gasteiger charge is -2.28. The van der Waals surface area contributed by atoms with E-state index >= 15 is 0 Å². The molecule has 0 saturated carbocycles. The quantitative estimate of drug-likeness (QED) is 0.0195. The number of quaternary nitrogens is 1. The van der Waals surface area contributed by atoms with Crippen LogP contribution in [0.15, 0.2) is 12.2 Å². The van der Waals surface area contributed by atoms with E-state index in [0.29, 0.717) is 17.4 Å². The van der Waals surface area contributed by atoms with Gasteiger partial charge in [-0.05, 0) is 38.5 Å². The molecule has 10 heteroatoms. The van der Waals surface area contributed by atoms with Gasteiger partial charge in [-0.2, -0.15) is 0 Å². The van der Waals surface area contributed by atoms with Gasteiger partial charge in [0.25, 0.3) is 7.82 Å². The average molecular weight is 1150 g/mol. The Balaban J connectivity index is 3.92. The predicted molar refractivity (Wildman–Crippen MR) is 342 cm³/mol. The van der Waals surface area contributed by atoms with Crippen LogP contribution in [0.4, 0.5) is 0 Å². The van der Waals surface area contributed by atoms with Crippen molar-refractivity contribution in [1.29, 1.82) is 0 Å². The summed E-state index contributed by atoms with van der Waals surface area (Å²) in [5.41, 5.74) is 0. The van der Waals surface area contributed by atoms with Crippen molar-refractivity contribution in [2.75, 3.05) is 47.5 Å². The molecule has 0 radical (unpaired) electrons. The van der Waals surface area contributed by atoms with E-state index < -0.39 is 26.5 Å². The van der Waals surface area contributed by atoms with Crippen molar-refractivity contribution in [2.45, 2.75) is 380 Å². The number of phosphoric ester groups is 1. The van der Waals surface area contributed by atoms with Crippen molar-refractivity contribution in [3.8, 4) is 0 Å². The zero-order valence-corrected chi connectivity index (χ0v) is 55.2. The average Bonchev–Trinajstić information content (AvgIpc) is 3.42. The molecule has 9 nitrogen and oxygen atoms in total. The Morgan fingerprint density at radius 2 is 0.637 bits per heavy atom. The minimum absolute atomic E-state index is 0.0272. The monoisotopic (exact) mass is 1150 g/mol. The number of carbonyl (C=O) groups is 2. The lowest BCUT2D eigenvalue weighted by atomic mass is 10.0. The first-order chi connectivity index (χ1) is 39.0. The predicted octanol–water partition coefficient (Wildman–Crippen LogP) is 22.1. The third kappa shape index (κ3) is 65.9. The number of nitrogens with zero attached hydrogens (tertiary/aromatic N) is 1. The van der Waals surface area contributed by atoms with E-state index in [1.165, 1.54) is 302 Å². The van der Waals surface area contributed by atoms with Gasteiger partial charge in [0.1, 0.15) is 19.8 Å². The second-order valence-electron chi connectivity index (χ2n) is 25.6. The summed E-state index contributed by atoms with van der Waals surface area (Å²) in [6.07, 6.45) is 76.0. The Kier molecular flexibility index (Phi) is 61.3. The molecule has 0 heterocycles. The molecule has 0 aromatic carbocycles. The Morgan fingerprint density at radius 3 is 0.925 bits per heavy atom. The van der Waals surface area contributed by atoms with Crippen LogP contribution in [-0.2, 0) is 32.7 Å². The number of carbonyl (C=O) groups excluding carboxylic acids is 2. The lowest BCUT2D eigenvalue weighted by molar-refractivity contribution is -0.870. The molecule has 0 saturated heterocycles. The van der Waals surface area contributed by atoms with E-state index in [2.05, 4.69) is 26.0 Å². The van der Waals surface area contributed by atoms with E-state index in [9.17, 15) is 19.0 Å². The van der Waals surface area contributed by atoms with Crippen LogP contribution in [0.5, 0.6) is 0 Å². The van der Waals surface area contributed by atoms with Gasteiger partial charge in [0, 0.05) is 12.8 Å². The standard InChI is InChI=1S/C70H138NO8P/c1-6-8-10-12-14-16-18-20-22-24-26-28-29-30-31-32-33-34-35-36-37-38-39-40-41-43-44-46-48-50-52-54-56-58-60-62-69(72)76-66-68(67-78-80(74,75)77-65-64-71(3,4)5)79-70(73)63-61-59-57-55-53-51-49-47-45-42-27-25-23-21-19-17-15-13-11-9-7-2/h25,27,68H,6-24,26,28-67H2,1-5H3/b27-25-. The molecule has 2 unspecified atom stereocenters. The van der Waals surface area contributed by atoms with Crippen LogP contribution in [-0.4, -0.2) is 70.0 Å². The molecule has 0 rings (SSSR count). The summed E-state index contributed by atoms with van der Waals surface area (Å²) in [6.45, 7) is 4.32. The first kappa shape index (κ1) is 78.8. The number of likely N-dealkylation sites (N-methyl/N-ethyl adjacent to an activating group) is 1. The molecule has 0 N–H and O–H groups in total. The molecule has 476 valence electrons. The van der Waals surface area contributed by atoms with E-state index in [0.717, 1.165) is 38.5 Å². The number of hydrogen-bond acceptors (Lipinski definition) is 8. The lowest BCUT2D eigenvalue weighted by Crippen LogP contribution is -2.37. The summed E-state index contributed by atoms with van der Waals surface area (Å²) in [5, 5.41) is 0. The summed E-state index contributed by atoms with van der Waals surface area (Å²) in [5.74, 6) is -0.812. The van der Waals surface area contributed by atoms with Crippen molar-refractivity contribution in [2.24, 2.45) is 0 Å². The summed E-state index contributed by atoms with van der Waals surface area (Å²) >= 11 is 0. The van der Waals surface area contributed by atoms with Gasteiger partial charge in [0.2, 0.25) is 0 Å². The topological polar surface area (TPSA) is 111 Å². The zero-order chi connectivity index (χ0) is 58.4. The number of allylic oxidation sites excluding steroid dienone is 2. The maximum Gasteiger partial charge on any atom is 0.306 e. The number of ether oxygens (including phenoxy) is 2. The van der Waals surface area contributed by atoms with Crippen LogP contribution in [0.25, 0.3) is 0 Å². The Morgan fingerprint density at radius 1 is 0.375 bits per heavy atom. The minimum atomic E-state index is -4.64. The van der Waals surface area contributed by atoms with E-state index in [1.54, 1.807) is 0 Å². The van der Waals surface area contributed by atoms with E-state index in [1.807, 2.05) is 21.1 Å². The van der Waals surface area contributed by atoms with E-state index in [-0.39, 0.29) is 32.0 Å². The number of esters is 2. The fraction of sp³-hybridized carbons (Fsp3) is 0.943. The van der Waals surface area contributed by atoms with Crippen LogP contribution < -0.4 is 4.89 Å². The molecule has 0 fully saturated rings. The zero-order valence-electron chi connectivity index (χ0n) is 54.3. The second kappa shape index (κ2) is 62.3. The van der Waals surface area contributed by atoms with Gasteiger partial charge >= 0.3 is 11.9 Å². The minimum Gasteiger partial charge on any atom is -0.756 e. The Bertz CT molecular complexity index is 1350. The third-order valence-electron chi connectivity index (χ3n) is 16.3. The molecular weight excluding hydrogens is 1010 g/mol. The summed E-state index contributed by atoms with van der Waals surface area (Å²) in [4.78, 5) is 38.0. The molecule has 0 aliphatic carbocycles. The summed E-state index contributed by atoms with van der Waals surface area (Å²) in [7, 11) is 1.19. The Labute approximate surface area is 498 Å². The van der Waals surface area contributed by atoms with Crippen LogP contribution >= 0.6 is 7.82 Å². The molecule has 2 atom stereocenters. The highest BCUT2D eigenvalue weighted by atomic mass is 31.2. The number of unbranched alkanes of at least 4 members (excludes halogenated alkanes) is 51. The molecule has 0 aromatic rings. The molecule has 0 aromatic heterocycles. The SMILES string of the molecule is CCCCCCCCCC/C=C\CCCCCCCCCCCC(=O)OC(COC(=O)CCCCCCCCCCCCCCCCCCCCCCCCCCCCCCCCCCCCC)COP(=O)([O-])OCC[N+](C)(C)C. The van der Waals surface area contributed by atoms with Crippen molar-refractivity contribution < 1.29 is 42.1 Å². The Hall–Kier alpha value is -1.25. The van der Waals surface area contributed by atoms with Crippen molar-refractivity contribution >= 4 is 19.8 Å². The van der Waals surface area contributed by atoms with Crippen molar-refractivity contribution in [3.05, 3.63) is 12.2 Å². The first-order valence-corrected chi connectivity index (χ1v) is 36.9. The summed E-state index contributed by atoms with van der Waals surface area (Å²) < 4.78 is 34.3. The van der Waals surface area contributed by atoms with Gasteiger partial charge in [-0.1, -0.05) is 334 Å². The normalized spacial score (nSPS) is 13.1. The van der Waals surface area contributed by atoms with Gasteiger partial charge < -0.3 is 27.9 Å². The van der Waals surface area contributed by atoms with Crippen LogP contribution in [0.2, 0.25) is 0 Å². The molecule has 80 heavy (non-hydrogen) atoms. The molecule has 0 bridgehead atoms. The molecular formula is C70H138NO8P.